The van der Waals surface area contributed by atoms with Crippen LogP contribution in [0.15, 0.2) is 0 Å². The van der Waals surface area contributed by atoms with Crippen LogP contribution >= 0.6 is 0 Å². The molecule has 0 aliphatic heterocycles. The van der Waals surface area contributed by atoms with Gasteiger partial charge in [0.1, 0.15) is 5.60 Å². The van der Waals surface area contributed by atoms with Gasteiger partial charge in [0.2, 0.25) is 0 Å². The number of hydrogen-bond donors (Lipinski definition) is 3. The van der Waals surface area contributed by atoms with Gasteiger partial charge in [-0.3, -0.25) is 0 Å². The molecular weight excluding hydrogens is 252 g/mol. The molecule has 1 aliphatic carbocycles. The van der Waals surface area contributed by atoms with Crippen LogP contribution in [0.2, 0.25) is 0 Å². The molecule has 0 aromatic carbocycles. The van der Waals surface area contributed by atoms with Crippen molar-refractivity contribution < 1.29 is 15.3 Å². The van der Waals surface area contributed by atoms with Crippen molar-refractivity contribution in [1.29, 1.82) is 0 Å². The Morgan fingerprint density at radius 1 is 0.700 bits per heavy atom. The fraction of sp³-hybridized carbons (Fsp3) is 1.00. The summed E-state index contributed by atoms with van der Waals surface area (Å²) in [5.74, 6) is 0. The van der Waals surface area contributed by atoms with E-state index in [2.05, 4.69) is 0 Å². The second-order valence-electron chi connectivity index (χ2n) is 6.56. The van der Waals surface area contributed by atoms with Gasteiger partial charge in [0.05, 0.1) is 12.7 Å². The summed E-state index contributed by atoms with van der Waals surface area (Å²) in [6, 6.07) is 0. The Kier molecular flexibility index (Phi) is 9.49. The zero-order valence-corrected chi connectivity index (χ0v) is 13.0. The molecule has 20 heavy (non-hydrogen) atoms. The van der Waals surface area contributed by atoms with Gasteiger partial charge in [-0.1, -0.05) is 77.0 Å². The topological polar surface area (TPSA) is 60.7 Å². The Balaban J connectivity index is 2.39. The van der Waals surface area contributed by atoms with Gasteiger partial charge in [-0.15, -0.1) is 0 Å². The van der Waals surface area contributed by atoms with Gasteiger partial charge in [-0.2, -0.15) is 0 Å². The first-order chi connectivity index (χ1) is 9.69. The smallest absolute Gasteiger partial charge is 0.113 e. The second kappa shape index (κ2) is 10.6. The molecule has 0 saturated heterocycles. The maximum atomic E-state index is 10.4. The van der Waals surface area contributed by atoms with Crippen LogP contribution in [0.5, 0.6) is 0 Å². The van der Waals surface area contributed by atoms with Crippen LogP contribution in [-0.4, -0.2) is 33.6 Å². The van der Waals surface area contributed by atoms with Gasteiger partial charge in [0.15, 0.2) is 0 Å². The van der Waals surface area contributed by atoms with Crippen molar-refractivity contribution in [2.24, 2.45) is 0 Å². The molecule has 2 unspecified atom stereocenters. The summed E-state index contributed by atoms with van der Waals surface area (Å²) in [4.78, 5) is 0. The summed E-state index contributed by atoms with van der Waals surface area (Å²) in [7, 11) is 0. The van der Waals surface area contributed by atoms with Crippen molar-refractivity contribution in [1.82, 2.24) is 0 Å². The van der Waals surface area contributed by atoms with Gasteiger partial charge in [-0.25, -0.2) is 0 Å². The van der Waals surface area contributed by atoms with Crippen molar-refractivity contribution in [2.75, 3.05) is 6.61 Å². The summed E-state index contributed by atoms with van der Waals surface area (Å²) in [5, 5.41) is 29.9. The molecular formula is C17H34O3. The number of aliphatic hydroxyl groups is 3. The largest absolute Gasteiger partial charge is 0.393 e. The van der Waals surface area contributed by atoms with Crippen LogP contribution in [0.25, 0.3) is 0 Å². The van der Waals surface area contributed by atoms with E-state index in [0.29, 0.717) is 12.8 Å². The maximum Gasteiger partial charge on any atom is 0.113 e. The van der Waals surface area contributed by atoms with Crippen molar-refractivity contribution in [3.8, 4) is 0 Å². The Morgan fingerprint density at radius 3 is 1.55 bits per heavy atom. The maximum absolute atomic E-state index is 10.4. The number of aliphatic hydroxyl groups excluding tert-OH is 2. The summed E-state index contributed by atoms with van der Waals surface area (Å²) < 4.78 is 0. The van der Waals surface area contributed by atoms with E-state index in [0.717, 1.165) is 25.7 Å². The lowest BCUT2D eigenvalue weighted by Gasteiger charge is -2.31. The van der Waals surface area contributed by atoms with Crippen LogP contribution in [0, 0.1) is 0 Å². The SMILES string of the molecule is OCC1(O)CCCCCCCCCCCCCCC1O. The molecule has 0 radical (unpaired) electrons. The second-order valence-corrected chi connectivity index (χ2v) is 6.56. The summed E-state index contributed by atoms with van der Waals surface area (Å²) in [6.07, 6.45) is 14.8. The molecule has 1 aliphatic rings. The first-order valence-electron chi connectivity index (χ1n) is 8.70. The van der Waals surface area contributed by atoms with E-state index in [4.69, 9.17) is 0 Å². The highest BCUT2D eigenvalue weighted by Gasteiger charge is 2.33. The Labute approximate surface area is 124 Å². The van der Waals surface area contributed by atoms with E-state index >= 15 is 0 Å². The van der Waals surface area contributed by atoms with E-state index in [-0.39, 0.29) is 6.61 Å². The Bertz CT molecular complexity index is 232. The zero-order valence-electron chi connectivity index (χ0n) is 13.0. The molecule has 3 nitrogen and oxygen atoms in total. The Hall–Kier alpha value is -0.120. The summed E-state index contributed by atoms with van der Waals surface area (Å²) >= 11 is 0. The first kappa shape index (κ1) is 17.9. The average molecular weight is 286 g/mol. The minimum Gasteiger partial charge on any atom is -0.393 e. The van der Waals surface area contributed by atoms with E-state index < -0.39 is 11.7 Å². The van der Waals surface area contributed by atoms with Crippen LogP contribution in [0.4, 0.5) is 0 Å². The van der Waals surface area contributed by atoms with E-state index in [9.17, 15) is 15.3 Å². The molecule has 1 fully saturated rings. The number of hydrogen-bond acceptors (Lipinski definition) is 3. The molecule has 120 valence electrons. The van der Waals surface area contributed by atoms with E-state index in [1.165, 1.54) is 51.4 Å². The molecule has 2 atom stereocenters. The third-order valence-electron chi connectivity index (χ3n) is 4.73. The van der Waals surface area contributed by atoms with Crippen LogP contribution in [0.1, 0.15) is 89.9 Å². The minimum atomic E-state index is -1.28. The standard InChI is InChI=1S/C17H34O3/c18-15-17(20)14-12-10-8-6-4-2-1-3-5-7-9-11-13-16(17)19/h16,18-20H,1-15H2. The highest BCUT2D eigenvalue weighted by molar-refractivity contribution is 4.85. The van der Waals surface area contributed by atoms with Crippen molar-refractivity contribution in [3.63, 3.8) is 0 Å². The molecule has 3 heteroatoms. The normalized spacial score (nSPS) is 32.9. The van der Waals surface area contributed by atoms with E-state index in [1.807, 2.05) is 0 Å². The van der Waals surface area contributed by atoms with E-state index in [1.54, 1.807) is 0 Å². The third kappa shape index (κ3) is 7.05. The van der Waals surface area contributed by atoms with Gasteiger partial charge in [0, 0.05) is 0 Å². The average Bonchev–Trinajstić information content (AvgIpc) is 2.46. The van der Waals surface area contributed by atoms with Gasteiger partial charge in [-0.05, 0) is 12.8 Å². The molecule has 1 saturated carbocycles. The predicted octanol–water partition coefficient (Wildman–Crippen LogP) is 3.55. The molecule has 1 rings (SSSR count). The molecule has 0 aromatic heterocycles. The monoisotopic (exact) mass is 286 g/mol. The van der Waals surface area contributed by atoms with Crippen molar-refractivity contribution in [3.05, 3.63) is 0 Å². The molecule has 0 amide bonds. The first-order valence-corrected chi connectivity index (χ1v) is 8.70. The molecule has 0 heterocycles. The predicted molar refractivity (Wildman–Crippen MR) is 82.7 cm³/mol. The van der Waals surface area contributed by atoms with Crippen LogP contribution in [0.3, 0.4) is 0 Å². The fourth-order valence-electron chi connectivity index (χ4n) is 3.16. The molecule has 0 bridgehead atoms. The lowest BCUT2D eigenvalue weighted by molar-refractivity contribution is -0.114. The Morgan fingerprint density at radius 2 is 1.10 bits per heavy atom. The zero-order chi connectivity index (χ0) is 14.7. The van der Waals surface area contributed by atoms with Crippen molar-refractivity contribution >= 4 is 0 Å². The van der Waals surface area contributed by atoms with Gasteiger partial charge in [0.25, 0.3) is 0 Å². The van der Waals surface area contributed by atoms with Crippen LogP contribution < -0.4 is 0 Å². The van der Waals surface area contributed by atoms with Crippen LogP contribution in [-0.2, 0) is 0 Å². The third-order valence-corrected chi connectivity index (χ3v) is 4.73. The summed E-state index contributed by atoms with van der Waals surface area (Å²) in [5.41, 5.74) is -1.28. The molecule has 0 aromatic rings. The fourth-order valence-corrected chi connectivity index (χ4v) is 3.16. The van der Waals surface area contributed by atoms with Gasteiger partial charge < -0.3 is 15.3 Å². The molecule has 3 N–H and O–H groups in total. The quantitative estimate of drug-likeness (QED) is 0.691. The lowest BCUT2D eigenvalue weighted by Crippen LogP contribution is -2.45. The van der Waals surface area contributed by atoms with Crippen molar-refractivity contribution in [2.45, 2.75) is 102 Å². The number of rotatable bonds is 1. The lowest BCUT2D eigenvalue weighted by atomic mass is 9.87. The minimum absolute atomic E-state index is 0.325. The highest BCUT2D eigenvalue weighted by atomic mass is 16.4. The molecule has 0 spiro atoms. The van der Waals surface area contributed by atoms with Gasteiger partial charge >= 0.3 is 0 Å². The summed E-state index contributed by atoms with van der Waals surface area (Å²) in [6.45, 7) is -0.325. The highest BCUT2D eigenvalue weighted by Crippen LogP contribution is 2.24.